The molecule has 0 saturated heterocycles. The van der Waals surface area contributed by atoms with Crippen molar-refractivity contribution in [1.29, 1.82) is 0 Å². The quantitative estimate of drug-likeness (QED) is 0.659. The second kappa shape index (κ2) is 6.72. The molecule has 0 radical (unpaired) electrons. The van der Waals surface area contributed by atoms with Crippen LogP contribution in [-0.2, 0) is 0 Å². The van der Waals surface area contributed by atoms with Crippen molar-refractivity contribution >= 4 is 40.4 Å². The molecule has 0 aliphatic heterocycles. The Morgan fingerprint density at radius 3 is 2.42 bits per heavy atom. The average molecular weight is 341 g/mol. The lowest BCUT2D eigenvalue weighted by Crippen LogP contribution is -2.06. The molecule has 24 heavy (non-hydrogen) atoms. The highest BCUT2D eigenvalue weighted by atomic mass is 35.5. The third kappa shape index (κ3) is 3.55. The monoisotopic (exact) mass is 340 g/mol. The molecule has 6 nitrogen and oxygen atoms in total. The van der Waals surface area contributed by atoms with E-state index in [-0.39, 0.29) is 0 Å². The van der Waals surface area contributed by atoms with Gasteiger partial charge in [0.15, 0.2) is 11.6 Å². The molecule has 0 amide bonds. The number of nitrogens with one attached hydrogen (secondary N) is 2. The summed E-state index contributed by atoms with van der Waals surface area (Å²) in [5, 5.41) is 6.93. The zero-order valence-corrected chi connectivity index (χ0v) is 14.1. The first-order chi connectivity index (χ1) is 11.5. The third-order valence-electron chi connectivity index (χ3n) is 3.49. The van der Waals surface area contributed by atoms with E-state index >= 15 is 0 Å². The minimum Gasteiger partial charge on any atom is -0.393 e. The Morgan fingerprint density at radius 1 is 0.958 bits per heavy atom. The van der Waals surface area contributed by atoms with Crippen LogP contribution in [0.25, 0.3) is 0 Å². The highest BCUT2D eigenvalue weighted by Crippen LogP contribution is 2.29. The second-order valence-electron chi connectivity index (χ2n) is 5.41. The van der Waals surface area contributed by atoms with Crippen LogP contribution in [0.2, 0.25) is 5.02 Å². The number of nitrogens with two attached hydrogens (primary N) is 1. The molecule has 122 valence electrons. The van der Waals surface area contributed by atoms with E-state index in [4.69, 9.17) is 17.3 Å². The van der Waals surface area contributed by atoms with Gasteiger partial charge in [-0.2, -0.15) is 0 Å². The summed E-state index contributed by atoms with van der Waals surface area (Å²) in [6.45, 7) is 3.95. The predicted octanol–water partition coefficient (Wildman–Crippen LogP) is 4.21. The van der Waals surface area contributed by atoms with Crippen molar-refractivity contribution in [1.82, 2.24) is 15.0 Å². The van der Waals surface area contributed by atoms with E-state index in [1.807, 2.05) is 44.2 Å². The molecule has 0 spiro atoms. The van der Waals surface area contributed by atoms with Gasteiger partial charge >= 0.3 is 0 Å². The fourth-order valence-electron chi connectivity index (χ4n) is 2.11. The van der Waals surface area contributed by atoms with Crippen molar-refractivity contribution < 1.29 is 0 Å². The molecule has 0 aliphatic rings. The van der Waals surface area contributed by atoms with Crippen molar-refractivity contribution in [3.8, 4) is 0 Å². The minimum absolute atomic E-state index is 0.402. The summed E-state index contributed by atoms with van der Waals surface area (Å²) >= 11 is 6.05. The van der Waals surface area contributed by atoms with Gasteiger partial charge in [0, 0.05) is 16.9 Å². The van der Waals surface area contributed by atoms with Crippen molar-refractivity contribution in [2.24, 2.45) is 0 Å². The molecule has 3 rings (SSSR count). The van der Waals surface area contributed by atoms with Gasteiger partial charge in [0.05, 0.1) is 0 Å². The van der Waals surface area contributed by atoms with E-state index in [1.165, 1.54) is 6.33 Å². The number of pyridine rings is 1. The molecule has 2 aromatic heterocycles. The normalized spacial score (nSPS) is 10.5. The molecule has 0 bridgehead atoms. The highest BCUT2D eigenvalue weighted by Gasteiger charge is 2.10. The summed E-state index contributed by atoms with van der Waals surface area (Å²) in [7, 11) is 0. The van der Waals surface area contributed by atoms with E-state index in [0.717, 1.165) is 16.8 Å². The lowest BCUT2D eigenvalue weighted by molar-refractivity contribution is 1.16. The SMILES string of the molecule is Cc1ccc(Nc2ncnc(Nc3cc(Cl)ccc3C)c2N)nc1. The Morgan fingerprint density at radius 2 is 1.71 bits per heavy atom. The Labute approximate surface area is 145 Å². The fraction of sp³-hybridized carbons (Fsp3) is 0.118. The van der Waals surface area contributed by atoms with Crippen molar-refractivity contribution in [3.05, 3.63) is 59.0 Å². The molecule has 1 aromatic carbocycles. The standard InChI is InChI=1S/C17H17ClN6/c1-10-3-6-14(20-8-10)24-17-15(19)16(21-9-22-17)23-13-7-12(18)5-4-11(13)2/h3-9H,19H2,1-2H3,(H2,20,21,22,23,24). The summed E-state index contributed by atoms with van der Waals surface area (Å²) in [6, 6.07) is 9.41. The first-order valence-corrected chi connectivity index (χ1v) is 7.74. The average Bonchev–Trinajstić information content (AvgIpc) is 2.56. The molecule has 3 aromatic rings. The van der Waals surface area contributed by atoms with Crippen LogP contribution in [0.15, 0.2) is 42.9 Å². The summed E-state index contributed by atoms with van der Waals surface area (Å²) in [5.74, 6) is 1.66. The van der Waals surface area contributed by atoms with Gasteiger partial charge in [-0.05, 0) is 43.2 Å². The third-order valence-corrected chi connectivity index (χ3v) is 3.73. The Balaban J connectivity index is 1.88. The van der Waals surface area contributed by atoms with Crippen molar-refractivity contribution in [2.75, 3.05) is 16.4 Å². The van der Waals surface area contributed by atoms with Gasteiger partial charge in [-0.1, -0.05) is 23.7 Å². The van der Waals surface area contributed by atoms with Crippen LogP contribution in [0.3, 0.4) is 0 Å². The summed E-state index contributed by atoms with van der Waals surface area (Å²) in [5.41, 5.74) is 9.54. The van der Waals surface area contributed by atoms with Gasteiger partial charge in [-0.3, -0.25) is 0 Å². The number of halogens is 1. The van der Waals surface area contributed by atoms with Crippen molar-refractivity contribution in [3.63, 3.8) is 0 Å². The second-order valence-corrected chi connectivity index (χ2v) is 5.85. The van der Waals surface area contributed by atoms with E-state index in [0.29, 0.717) is 28.2 Å². The minimum atomic E-state index is 0.402. The molecule has 2 heterocycles. The van der Waals surface area contributed by atoms with Gasteiger partial charge in [0.2, 0.25) is 0 Å². The maximum atomic E-state index is 6.19. The van der Waals surface area contributed by atoms with Gasteiger partial charge in [0.25, 0.3) is 0 Å². The number of nitrogen functional groups attached to an aromatic ring is 1. The number of rotatable bonds is 4. The van der Waals surface area contributed by atoms with Gasteiger partial charge in [-0.25, -0.2) is 15.0 Å². The van der Waals surface area contributed by atoms with Crippen LogP contribution < -0.4 is 16.4 Å². The number of anilines is 5. The zero-order chi connectivity index (χ0) is 17.1. The van der Waals surface area contributed by atoms with E-state index in [1.54, 1.807) is 6.20 Å². The first-order valence-electron chi connectivity index (χ1n) is 7.36. The van der Waals surface area contributed by atoms with Crippen LogP contribution in [0.5, 0.6) is 0 Å². The zero-order valence-electron chi connectivity index (χ0n) is 13.3. The molecule has 7 heteroatoms. The first kappa shape index (κ1) is 16.0. The summed E-state index contributed by atoms with van der Waals surface area (Å²) < 4.78 is 0. The number of hydrogen-bond donors (Lipinski definition) is 3. The van der Waals surface area contributed by atoms with Crippen LogP contribution >= 0.6 is 11.6 Å². The van der Waals surface area contributed by atoms with Gasteiger partial charge in [-0.15, -0.1) is 0 Å². The molecule has 0 fully saturated rings. The van der Waals surface area contributed by atoms with Crippen LogP contribution in [-0.4, -0.2) is 15.0 Å². The summed E-state index contributed by atoms with van der Waals surface area (Å²) in [4.78, 5) is 12.7. The number of hydrogen-bond acceptors (Lipinski definition) is 6. The van der Waals surface area contributed by atoms with Gasteiger partial charge < -0.3 is 16.4 Å². The van der Waals surface area contributed by atoms with Crippen molar-refractivity contribution in [2.45, 2.75) is 13.8 Å². The number of aryl methyl sites for hydroxylation is 2. The molecule has 0 saturated carbocycles. The van der Waals surface area contributed by atoms with Crippen LogP contribution in [0, 0.1) is 13.8 Å². The molecular weight excluding hydrogens is 324 g/mol. The lowest BCUT2D eigenvalue weighted by Gasteiger charge is -2.13. The molecule has 0 atom stereocenters. The topological polar surface area (TPSA) is 88.8 Å². The maximum absolute atomic E-state index is 6.19. The Hall–Kier alpha value is -2.86. The molecule has 4 N–H and O–H groups in total. The van der Waals surface area contributed by atoms with E-state index in [2.05, 4.69) is 25.6 Å². The molecule has 0 aliphatic carbocycles. The predicted molar refractivity (Wildman–Crippen MR) is 98.2 cm³/mol. The Bertz CT molecular complexity index is 863. The van der Waals surface area contributed by atoms with Crippen LogP contribution in [0.4, 0.5) is 28.8 Å². The number of benzene rings is 1. The molecular formula is C17H17ClN6. The lowest BCUT2D eigenvalue weighted by atomic mass is 10.2. The van der Waals surface area contributed by atoms with Gasteiger partial charge in [0.1, 0.15) is 17.8 Å². The van der Waals surface area contributed by atoms with E-state index < -0.39 is 0 Å². The highest BCUT2D eigenvalue weighted by molar-refractivity contribution is 6.30. The summed E-state index contributed by atoms with van der Waals surface area (Å²) in [6.07, 6.45) is 3.21. The molecule has 0 unspecified atom stereocenters. The van der Waals surface area contributed by atoms with E-state index in [9.17, 15) is 0 Å². The number of nitrogens with zero attached hydrogens (tertiary/aromatic N) is 3. The number of aromatic nitrogens is 3. The maximum Gasteiger partial charge on any atom is 0.160 e. The van der Waals surface area contributed by atoms with Crippen LogP contribution in [0.1, 0.15) is 11.1 Å². The fourth-order valence-corrected chi connectivity index (χ4v) is 2.29. The smallest absolute Gasteiger partial charge is 0.160 e. The Kier molecular flexibility index (Phi) is 4.48. The largest absolute Gasteiger partial charge is 0.393 e.